The first-order valence-electron chi connectivity index (χ1n) is 6.03. The monoisotopic (exact) mass is 265 g/mol. The summed E-state index contributed by atoms with van der Waals surface area (Å²) in [6.07, 6.45) is 0.776. The summed E-state index contributed by atoms with van der Waals surface area (Å²) in [7, 11) is 0. The van der Waals surface area contributed by atoms with Crippen molar-refractivity contribution in [1.82, 2.24) is 0 Å². The first-order valence-corrected chi connectivity index (χ1v) is 6.03. The van der Waals surface area contributed by atoms with Crippen LogP contribution in [0.15, 0.2) is 36.4 Å². The van der Waals surface area contributed by atoms with Crippen molar-refractivity contribution in [2.75, 3.05) is 0 Å². The van der Waals surface area contributed by atoms with Crippen molar-refractivity contribution in [2.24, 2.45) is 5.73 Å². The van der Waals surface area contributed by atoms with Gasteiger partial charge in [0.1, 0.15) is 17.5 Å². The van der Waals surface area contributed by atoms with Crippen LogP contribution in [0.5, 0.6) is 0 Å². The van der Waals surface area contributed by atoms with Crippen molar-refractivity contribution >= 4 is 0 Å². The molecule has 1 unspecified atom stereocenters. The third-order valence-electron chi connectivity index (χ3n) is 3.07. The molecule has 19 heavy (non-hydrogen) atoms. The Morgan fingerprint density at radius 1 is 1.00 bits per heavy atom. The van der Waals surface area contributed by atoms with Crippen LogP contribution in [-0.4, -0.2) is 0 Å². The first kappa shape index (κ1) is 13.6. The van der Waals surface area contributed by atoms with Gasteiger partial charge < -0.3 is 5.73 Å². The number of nitrogens with two attached hydrogens (primary N) is 1. The van der Waals surface area contributed by atoms with Crippen LogP contribution in [0.3, 0.4) is 0 Å². The van der Waals surface area contributed by atoms with Gasteiger partial charge in [-0.2, -0.15) is 0 Å². The standard InChI is InChI=1S/C15H14F3N/c1-2-14(19)9-3-5-10(6-4-9)15-12(17)7-11(16)8-13(15)18/h3-8,14H,2,19H2,1H3. The Labute approximate surface area is 109 Å². The average molecular weight is 265 g/mol. The highest BCUT2D eigenvalue weighted by molar-refractivity contribution is 5.65. The third kappa shape index (κ3) is 2.79. The van der Waals surface area contributed by atoms with Gasteiger partial charge >= 0.3 is 0 Å². The molecule has 4 heteroatoms. The summed E-state index contributed by atoms with van der Waals surface area (Å²) in [6.45, 7) is 1.96. The highest BCUT2D eigenvalue weighted by Crippen LogP contribution is 2.28. The van der Waals surface area contributed by atoms with Crippen LogP contribution in [0.4, 0.5) is 13.2 Å². The van der Waals surface area contributed by atoms with Gasteiger partial charge in [0.05, 0.1) is 5.56 Å². The molecule has 2 aromatic carbocycles. The van der Waals surface area contributed by atoms with Crippen molar-refractivity contribution in [2.45, 2.75) is 19.4 Å². The molecule has 0 spiro atoms. The predicted octanol–water partition coefficient (Wildman–Crippen LogP) is 4.18. The zero-order chi connectivity index (χ0) is 14.0. The summed E-state index contributed by atoms with van der Waals surface area (Å²) in [5.41, 5.74) is 6.90. The van der Waals surface area contributed by atoms with E-state index in [9.17, 15) is 13.2 Å². The van der Waals surface area contributed by atoms with Crippen LogP contribution in [0.25, 0.3) is 11.1 Å². The van der Waals surface area contributed by atoms with Gasteiger partial charge in [0.15, 0.2) is 0 Å². The second kappa shape index (κ2) is 5.45. The van der Waals surface area contributed by atoms with E-state index in [4.69, 9.17) is 5.73 Å². The van der Waals surface area contributed by atoms with Gasteiger partial charge in [0.2, 0.25) is 0 Å². The minimum Gasteiger partial charge on any atom is -0.324 e. The third-order valence-corrected chi connectivity index (χ3v) is 3.07. The van der Waals surface area contributed by atoms with Gasteiger partial charge in [-0.1, -0.05) is 31.2 Å². The summed E-state index contributed by atoms with van der Waals surface area (Å²) in [5.74, 6) is -2.75. The minimum absolute atomic E-state index is 0.100. The highest BCUT2D eigenvalue weighted by Gasteiger charge is 2.14. The van der Waals surface area contributed by atoms with Crippen LogP contribution >= 0.6 is 0 Å². The molecule has 0 heterocycles. The molecule has 0 aliphatic rings. The molecular formula is C15H14F3N. The molecule has 0 fully saturated rings. The molecule has 0 saturated carbocycles. The summed E-state index contributed by atoms with van der Waals surface area (Å²) in [4.78, 5) is 0. The van der Waals surface area contributed by atoms with Crippen molar-refractivity contribution in [3.63, 3.8) is 0 Å². The fourth-order valence-corrected chi connectivity index (χ4v) is 1.95. The van der Waals surface area contributed by atoms with Gasteiger partial charge in [0, 0.05) is 18.2 Å². The fourth-order valence-electron chi connectivity index (χ4n) is 1.95. The zero-order valence-corrected chi connectivity index (χ0v) is 10.5. The fraction of sp³-hybridized carbons (Fsp3) is 0.200. The Balaban J connectivity index is 2.43. The summed E-state index contributed by atoms with van der Waals surface area (Å²) in [5, 5.41) is 0. The molecule has 0 aromatic heterocycles. The van der Waals surface area contributed by atoms with E-state index in [0.29, 0.717) is 17.7 Å². The summed E-state index contributed by atoms with van der Waals surface area (Å²) < 4.78 is 40.1. The van der Waals surface area contributed by atoms with Gasteiger partial charge in [-0.3, -0.25) is 0 Å². The van der Waals surface area contributed by atoms with Gasteiger partial charge in [-0.15, -0.1) is 0 Å². The molecule has 0 aliphatic carbocycles. The number of benzene rings is 2. The lowest BCUT2D eigenvalue weighted by atomic mass is 9.99. The van der Waals surface area contributed by atoms with Crippen LogP contribution in [0.2, 0.25) is 0 Å². The average Bonchev–Trinajstić information content (AvgIpc) is 2.37. The first-order chi connectivity index (χ1) is 9.02. The molecule has 1 nitrogen and oxygen atoms in total. The molecule has 1 atom stereocenters. The molecule has 0 aliphatic heterocycles. The minimum atomic E-state index is -0.927. The molecule has 2 N–H and O–H groups in total. The molecular weight excluding hydrogens is 251 g/mol. The lowest BCUT2D eigenvalue weighted by Gasteiger charge is -2.11. The van der Waals surface area contributed by atoms with Crippen LogP contribution in [0, 0.1) is 17.5 Å². The Bertz CT molecular complexity index is 555. The van der Waals surface area contributed by atoms with E-state index < -0.39 is 17.5 Å². The molecule has 2 rings (SSSR count). The Kier molecular flexibility index (Phi) is 3.90. The van der Waals surface area contributed by atoms with Crippen molar-refractivity contribution in [1.29, 1.82) is 0 Å². The van der Waals surface area contributed by atoms with Gasteiger partial charge in [-0.05, 0) is 17.5 Å². The topological polar surface area (TPSA) is 26.0 Å². The zero-order valence-electron chi connectivity index (χ0n) is 10.5. The van der Waals surface area contributed by atoms with Crippen LogP contribution in [-0.2, 0) is 0 Å². The molecule has 0 amide bonds. The molecule has 0 radical (unpaired) electrons. The Hall–Kier alpha value is -1.81. The van der Waals surface area contributed by atoms with E-state index in [2.05, 4.69) is 0 Å². The highest BCUT2D eigenvalue weighted by atomic mass is 19.1. The van der Waals surface area contributed by atoms with E-state index in [1.165, 1.54) is 0 Å². The number of halogens is 3. The quantitative estimate of drug-likeness (QED) is 0.885. The number of hydrogen-bond donors (Lipinski definition) is 1. The smallest absolute Gasteiger partial charge is 0.136 e. The maximum Gasteiger partial charge on any atom is 0.136 e. The number of hydrogen-bond acceptors (Lipinski definition) is 1. The Morgan fingerprint density at radius 2 is 1.53 bits per heavy atom. The molecule has 0 saturated heterocycles. The Morgan fingerprint density at radius 3 is 2.00 bits per heavy atom. The van der Waals surface area contributed by atoms with Gasteiger partial charge in [-0.25, -0.2) is 13.2 Å². The molecule has 100 valence electrons. The van der Waals surface area contributed by atoms with E-state index in [1.807, 2.05) is 6.92 Å². The maximum absolute atomic E-state index is 13.6. The second-order valence-corrected chi connectivity index (χ2v) is 4.38. The molecule has 2 aromatic rings. The SMILES string of the molecule is CCC(N)c1ccc(-c2c(F)cc(F)cc2F)cc1. The van der Waals surface area contributed by atoms with E-state index in [1.54, 1.807) is 24.3 Å². The second-order valence-electron chi connectivity index (χ2n) is 4.38. The van der Waals surface area contributed by atoms with E-state index >= 15 is 0 Å². The lowest BCUT2D eigenvalue weighted by Crippen LogP contribution is -2.08. The van der Waals surface area contributed by atoms with Crippen molar-refractivity contribution in [3.05, 3.63) is 59.4 Å². The van der Waals surface area contributed by atoms with Crippen molar-refractivity contribution in [3.8, 4) is 11.1 Å². The summed E-state index contributed by atoms with van der Waals surface area (Å²) in [6, 6.07) is 7.87. The molecule has 0 bridgehead atoms. The van der Waals surface area contributed by atoms with Crippen molar-refractivity contribution < 1.29 is 13.2 Å². The predicted molar refractivity (Wildman–Crippen MR) is 69.0 cm³/mol. The lowest BCUT2D eigenvalue weighted by molar-refractivity contribution is 0.548. The largest absolute Gasteiger partial charge is 0.324 e. The van der Waals surface area contributed by atoms with E-state index in [-0.39, 0.29) is 11.6 Å². The van der Waals surface area contributed by atoms with Gasteiger partial charge in [0.25, 0.3) is 0 Å². The summed E-state index contributed by atoms with van der Waals surface area (Å²) >= 11 is 0. The maximum atomic E-state index is 13.6. The normalized spacial score (nSPS) is 12.5. The van der Waals surface area contributed by atoms with Crippen LogP contribution in [0.1, 0.15) is 24.9 Å². The van der Waals surface area contributed by atoms with Crippen LogP contribution < -0.4 is 5.73 Å². The number of rotatable bonds is 3. The van der Waals surface area contributed by atoms with E-state index in [0.717, 1.165) is 12.0 Å².